The molecule has 8 heteroatoms. The van der Waals surface area contributed by atoms with Gasteiger partial charge in [0.1, 0.15) is 17.7 Å². The number of hydrogen-bond acceptors (Lipinski definition) is 5. The quantitative estimate of drug-likeness (QED) is 0.423. The molecule has 2 aromatic carbocycles. The first kappa shape index (κ1) is 19.3. The van der Waals surface area contributed by atoms with Gasteiger partial charge < -0.3 is 4.55 Å². The van der Waals surface area contributed by atoms with E-state index < -0.39 is 11.4 Å². The maximum Gasteiger partial charge on any atom is 0.179 e. The van der Waals surface area contributed by atoms with E-state index in [2.05, 4.69) is 26.0 Å². The number of hydrogen-bond donors (Lipinski definition) is 1. The number of aromatic nitrogens is 5. The van der Waals surface area contributed by atoms with Crippen molar-refractivity contribution in [3.63, 3.8) is 0 Å². The smallest absolute Gasteiger partial charge is 0.179 e. The van der Waals surface area contributed by atoms with Crippen molar-refractivity contribution in [3.05, 3.63) is 85.1 Å². The van der Waals surface area contributed by atoms with Gasteiger partial charge in [-0.05, 0) is 37.3 Å². The van der Waals surface area contributed by atoms with E-state index in [-0.39, 0.29) is 0 Å². The second-order valence-electron chi connectivity index (χ2n) is 7.33. The van der Waals surface area contributed by atoms with Gasteiger partial charge in [-0.15, -0.1) is 0 Å². The monoisotopic (exact) mass is 428 g/mol. The third-order valence-corrected chi connectivity index (χ3v) is 6.17. The van der Waals surface area contributed by atoms with Crippen LogP contribution < -0.4 is 4.72 Å². The lowest BCUT2D eigenvalue weighted by Gasteiger charge is -2.12. The Kier molecular flexibility index (Phi) is 4.93. The molecule has 0 aliphatic carbocycles. The van der Waals surface area contributed by atoms with E-state index in [1.807, 2.05) is 85.6 Å². The molecule has 0 bridgehead atoms. The molecule has 0 fully saturated rings. The Morgan fingerprint density at radius 2 is 1.68 bits per heavy atom. The van der Waals surface area contributed by atoms with Crippen molar-refractivity contribution in [2.75, 3.05) is 4.72 Å². The summed E-state index contributed by atoms with van der Waals surface area (Å²) in [6.45, 7) is 2.01. The Balaban J connectivity index is 1.41. The van der Waals surface area contributed by atoms with Crippen molar-refractivity contribution in [3.8, 4) is 22.4 Å². The SMILES string of the molecule is Cc1ccc([S+]([O-])Nc2ccc(-c3ncnn4cc(-c5cnn(C)c5)cc34)cc2)cc1. The second-order valence-corrected chi connectivity index (χ2v) is 8.54. The van der Waals surface area contributed by atoms with E-state index in [4.69, 9.17) is 0 Å². The molecule has 0 aliphatic rings. The number of nitrogens with zero attached hydrogens (tertiary/aromatic N) is 5. The largest absolute Gasteiger partial charge is 0.588 e. The molecule has 1 N–H and O–H groups in total. The molecule has 0 radical (unpaired) electrons. The molecule has 31 heavy (non-hydrogen) atoms. The zero-order valence-corrected chi connectivity index (χ0v) is 17.9. The standard InChI is InChI=1S/C23H20N6OS/c1-16-3-9-21(10-4-16)31(30)27-20-7-5-17(6-8-20)23-22-11-18(14-29(22)26-15-24-23)19-12-25-28(2)13-19/h3-15,27H,1-2H3. The highest BCUT2D eigenvalue weighted by molar-refractivity contribution is 7.92. The lowest BCUT2D eigenvalue weighted by Crippen LogP contribution is -2.12. The highest BCUT2D eigenvalue weighted by Crippen LogP contribution is 2.28. The summed E-state index contributed by atoms with van der Waals surface area (Å²) in [7, 11) is 1.89. The fourth-order valence-corrected chi connectivity index (χ4v) is 4.26. The van der Waals surface area contributed by atoms with Crippen LogP contribution in [-0.2, 0) is 18.4 Å². The molecule has 7 nitrogen and oxygen atoms in total. The van der Waals surface area contributed by atoms with E-state index >= 15 is 0 Å². The first-order chi connectivity index (χ1) is 15.1. The molecular formula is C23H20N6OS. The zero-order chi connectivity index (χ0) is 21.4. The van der Waals surface area contributed by atoms with Crippen LogP contribution in [-0.4, -0.2) is 28.9 Å². The molecule has 3 heterocycles. The third kappa shape index (κ3) is 3.90. The van der Waals surface area contributed by atoms with Crippen LogP contribution in [0.1, 0.15) is 5.56 Å². The first-order valence-corrected chi connectivity index (χ1v) is 10.9. The van der Waals surface area contributed by atoms with Crippen LogP contribution in [0.15, 0.2) is 84.4 Å². The Labute approximate surface area is 182 Å². The van der Waals surface area contributed by atoms with E-state index in [1.54, 1.807) is 11.0 Å². The van der Waals surface area contributed by atoms with Gasteiger partial charge in [0, 0.05) is 36.1 Å². The van der Waals surface area contributed by atoms with Crippen LogP contribution >= 0.6 is 0 Å². The van der Waals surface area contributed by atoms with Gasteiger partial charge in [0.05, 0.1) is 23.1 Å². The fraction of sp³-hybridized carbons (Fsp3) is 0.0870. The molecule has 0 aliphatic heterocycles. The van der Waals surface area contributed by atoms with E-state index in [1.165, 1.54) is 0 Å². The normalized spacial score (nSPS) is 12.2. The minimum Gasteiger partial charge on any atom is -0.588 e. The molecule has 5 aromatic rings. The number of fused-ring (bicyclic) bond motifs is 1. The molecule has 5 rings (SSSR count). The number of nitrogens with one attached hydrogen (secondary N) is 1. The topological polar surface area (TPSA) is 83.1 Å². The molecule has 1 unspecified atom stereocenters. The van der Waals surface area contributed by atoms with Crippen molar-refractivity contribution >= 4 is 22.6 Å². The Bertz CT molecular complexity index is 1340. The molecule has 3 aromatic heterocycles. The average molecular weight is 429 g/mol. The highest BCUT2D eigenvalue weighted by atomic mass is 32.2. The number of anilines is 1. The number of rotatable bonds is 5. The third-order valence-electron chi connectivity index (χ3n) is 5.05. The molecule has 1 atom stereocenters. The lowest BCUT2D eigenvalue weighted by molar-refractivity contribution is 0.600. The minimum absolute atomic E-state index is 0.739. The van der Waals surface area contributed by atoms with Crippen LogP contribution in [0.3, 0.4) is 0 Å². The fourth-order valence-electron chi connectivity index (χ4n) is 3.40. The van der Waals surface area contributed by atoms with Crippen molar-refractivity contribution in [1.29, 1.82) is 0 Å². The van der Waals surface area contributed by atoms with Crippen LogP contribution in [0.4, 0.5) is 5.69 Å². The molecular weight excluding hydrogens is 408 g/mol. The Hall–Kier alpha value is -3.62. The van der Waals surface area contributed by atoms with Gasteiger partial charge in [0.25, 0.3) is 0 Å². The average Bonchev–Trinajstić information content (AvgIpc) is 3.40. The second kappa shape index (κ2) is 7.90. The maximum atomic E-state index is 12.6. The van der Waals surface area contributed by atoms with E-state index in [0.29, 0.717) is 0 Å². The van der Waals surface area contributed by atoms with Crippen molar-refractivity contribution < 1.29 is 4.55 Å². The summed E-state index contributed by atoms with van der Waals surface area (Å²) >= 11 is -1.32. The summed E-state index contributed by atoms with van der Waals surface area (Å²) in [6.07, 6.45) is 7.32. The molecule has 0 spiro atoms. The highest BCUT2D eigenvalue weighted by Gasteiger charge is 2.13. The van der Waals surface area contributed by atoms with Gasteiger partial charge in [-0.2, -0.15) is 10.2 Å². The van der Waals surface area contributed by atoms with Gasteiger partial charge in [-0.3, -0.25) is 4.68 Å². The predicted octanol–water partition coefficient (Wildman–Crippen LogP) is 4.24. The molecule has 0 saturated heterocycles. The lowest BCUT2D eigenvalue weighted by atomic mass is 10.1. The Morgan fingerprint density at radius 3 is 2.39 bits per heavy atom. The summed E-state index contributed by atoms with van der Waals surface area (Å²) in [5.74, 6) is 0. The maximum absolute atomic E-state index is 12.6. The van der Waals surface area contributed by atoms with Gasteiger partial charge in [-0.1, -0.05) is 29.8 Å². The zero-order valence-electron chi connectivity index (χ0n) is 17.1. The summed E-state index contributed by atoms with van der Waals surface area (Å²) in [5, 5.41) is 8.59. The predicted molar refractivity (Wildman–Crippen MR) is 122 cm³/mol. The van der Waals surface area contributed by atoms with Crippen molar-refractivity contribution in [2.24, 2.45) is 7.05 Å². The van der Waals surface area contributed by atoms with Crippen LogP contribution in [0.2, 0.25) is 0 Å². The Morgan fingerprint density at radius 1 is 0.903 bits per heavy atom. The number of aryl methyl sites for hydroxylation is 2. The molecule has 154 valence electrons. The van der Waals surface area contributed by atoms with E-state index in [9.17, 15) is 4.55 Å². The molecule has 0 saturated carbocycles. The van der Waals surface area contributed by atoms with Gasteiger partial charge in [0.2, 0.25) is 0 Å². The van der Waals surface area contributed by atoms with Crippen molar-refractivity contribution in [2.45, 2.75) is 11.8 Å². The first-order valence-electron chi connectivity index (χ1n) is 9.75. The number of benzene rings is 2. The van der Waals surface area contributed by atoms with Gasteiger partial charge in [-0.25, -0.2) is 14.2 Å². The summed E-state index contributed by atoms with van der Waals surface area (Å²) in [6, 6.07) is 17.5. The minimum atomic E-state index is -1.32. The molecule has 0 amide bonds. The van der Waals surface area contributed by atoms with Crippen LogP contribution in [0.5, 0.6) is 0 Å². The van der Waals surface area contributed by atoms with Crippen LogP contribution in [0, 0.1) is 6.92 Å². The van der Waals surface area contributed by atoms with Crippen LogP contribution in [0.25, 0.3) is 27.9 Å². The summed E-state index contributed by atoms with van der Waals surface area (Å²) < 4.78 is 19.2. The van der Waals surface area contributed by atoms with Crippen molar-refractivity contribution in [1.82, 2.24) is 24.4 Å². The summed E-state index contributed by atoms with van der Waals surface area (Å²) in [5.41, 5.74) is 6.66. The van der Waals surface area contributed by atoms with Gasteiger partial charge >= 0.3 is 0 Å². The van der Waals surface area contributed by atoms with Gasteiger partial charge in [0.15, 0.2) is 4.90 Å². The van der Waals surface area contributed by atoms with E-state index in [0.717, 1.165) is 44.0 Å². The summed E-state index contributed by atoms with van der Waals surface area (Å²) in [4.78, 5) is 5.24.